The lowest BCUT2D eigenvalue weighted by Gasteiger charge is -2.36. The van der Waals surface area contributed by atoms with E-state index in [2.05, 4.69) is 4.84 Å². The molecule has 0 bridgehead atoms. The van der Waals surface area contributed by atoms with E-state index in [9.17, 15) is 36.6 Å². The molecule has 0 aromatic heterocycles. The van der Waals surface area contributed by atoms with Gasteiger partial charge in [-0.1, -0.05) is 30.3 Å². The van der Waals surface area contributed by atoms with Crippen molar-refractivity contribution in [2.75, 3.05) is 13.2 Å². The van der Waals surface area contributed by atoms with E-state index in [4.69, 9.17) is 0 Å². The van der Waals surface area contributed by atoms with Gasteiger partial charge in [0.2, 0.25) is 0 Å². The van der Waals surface area contributed by atoms with Gasteiger partial charge in [-0.05, 0) is 5.56 Å². The van der Waals surface area contributed by atoms with Crippen molar-refractivity contribution < 1.29 is 41.4 Å². The first kappa shape index (κ1) is 19.0. The van der Waals surface area contributed by atoms with Gasteiger partial charge in [-0.25, -0.2) is 0 Å². The van der Waals surface area contributed by atoms with Crippen LogP contribution in [-0.2, 0) is 11.4 Å². The highest BCUT2D eigenvalue weighted by molar-refractivity contribution is 5.16. The first-order valence-corrected chi connectivity index (χ1v) is 6.93. The number of aliphatic hydroxyl groups excluding tert-OH is 2. The van der Waals surface area contributed by atoms with Gasteiger partial charge in [0.05, 0.1) is 25.2 Å². The molecular formula is C14H15F6NO3. The average Bonchev–Trinajstić information content (AvgIpc) is 2.82. The predicted octanol–water partition coefficient (Wildman–Crippen LogP) is 2.27. The molecule has 0 spiro atoms. The van der Waals surface area contributed by atoms with E-state index in [0.717, 1.165) is 0 Å². The molecule has 0 amide bonds. The summed E-state index contributed by atoms with van der Waals surface area (Å²) in [5.74, 6) is -2.41. The fraction of sp³-hybridized carbons (Fsp3) is 0.571. The lowest BCUT2D eigenvalue weighted by atomic mass is 9.82. The third-order valence-corrected chi connectivity index (χ3v) is 4.03. The molecule has 24 heavy (non-hydrogen) atoms. The Bertz CT molecular complexity index is 534. The van der Waals surface area contributed by atoms with Crippen molar-refractivity contribution in [3.05, 3.63) is 35.9 Å². The van der Waals surface area contributed by atoms with Crippen LogP contribution in [0.1, 0.15) is 5.56 Å². The number of benzene rings is 1. The van der Waals surface area contributed by atoms with Crippen LogP contribution in [0, 0.1) is 5.92 Å². The van der Waals surface area contributed by atoms with Crippen LogP contribution in [0.5, 0.6) is 0 Å². The van der Waals surface area contributed by atoms with Gasteiger partial charge in [-0.2, -0.15) is 31.4 Å². The van der Waals surface area contributed by atoms with Gasteiger partial charge in [-0.15, -0.1) is 0 Å². The summed E-state index contributed by atoms with van der Waals surface area (Å²) in [5, 5.41) is 18.9. The van der Waals surface area contributed by atoms with Crippen LogP contribution in [0.4, 0.5) is 26.3 Å². The van der Waals surface area contributed by atoms with E-state index in [1.807, 2.05) is 0 Å². The Morgan fingerprint density at radius 3 is 1.92 bits per heavy atom. The Kier molecular flexibility index (Phi) is 5.14. The van der Waals surface area contributed by atoms with Crippen LogP contribution in [0.25, 0.3) is 0 Å². The fourth-order valence-electron chi connectivity index (χ4n) is 2.86. The number of halogens is 6. The minimum Gasteiger partial charge on any atom is -0.396 e. The van der Waals surface area contributed by atoms with Gasteiger partial charge in [0.1, 0.15) is 0 Å². The molecule has 0 saturated carbocycles. The zero-order valence-electron chi connectivity index (χ0n) is 12.2. The van der Waals surface area contributed by atoms with E-state index < -0.39 is 49.7 Å². The molecule has 0 aliphatic carbocycles. The lowest BCUT2D eigenvalue weighted by molar-refractivity contribution is -0.416. The molecule has 136 valence electrons. The van der Waals surface area contributed by atoms with E-state index in [1.165, 1.54) is 12.1 Å². The molecule has 1 aliphatic rings. The summed E-state index contributed by atoms with van der Waals surface area (Å²) >= 11 is 0. The second-order valence-corrected chi connectivity index (χ2v) is 5.42. The maximum Gasteiger partial charge on any atom is 0.428 e. The SMILES string of the molecule is OC[C@@H]1[C@@H](CO)C(C(F)(F)F)(C(F)(F)F)ON1Cc1ccccc1. The van der Waals surface area contributed by atoms with Crippen molar-refractivity contribution in [1.29, 1.82) is 0 Å². The summed E-state index contributed by atoms with van der Waals surface area (Å²) in [4.78, 5) is 4.35. The Labute approximate surface area is 133 Å². The van der Waals surface area contributed by atoms with Gasteiger partial charge in [0, 0.05) is 6.54 Å². The van der Waals surface area contributed by atoms with Gasteiger partial charge >= 0.3 is 12.4 Å². The molecule has 1 aromatic rings. The number of hydrogen-bond donors (Lipinski definition) is 2. The van der Waals surface area contributed by atoms with Crippen LogP contribution >= 0.6 is 0 Å². The van der Waals surface area contributed by atoms with Gasteiger partial charge in [-0.3, -0.25) is 4.84 Å². The summed E-state index contributed by atoms with van der Waals surface area (Å²) in [7, 11) is 0. The zero-order chi connectivity index (χ0) is 18.2. The lowest BCUT2D eigenvalue weighted by Crippen LogP contribution is -2.62. The van der Waals surface area contributed by atoms with Gasteiger partial charge in [0.15, 0.2) is 0 Å². The first-order valence-electron chi connectivity index (χ1n) is 6.93. The van der Waals surface area contributed by atoms with Gasteiger partial charge in [0.25, 0.3) is 5.60 Å². The summed E-state index contributed by atoms with van der Waals surface area (Å²) in [6.07, 6.45) is -11.6. The maximum absolute atomic E-state index is 13.3. The molecule has 10 heteroatoms. The molecule has 0 unspecified atom stereocenters. The van der Waals surface area contributed by atoms with Crippen LogP contribution in [0.15, 0.2) is 30.3 Å². The Morgan fingerprint density at radius 1 is 0.958 bits per heavy atom. The van der Waals surface area contributed by atoms with E-state index in [0.29, 0.717) is 10.6 Å². The maximum atomic E-state index is 13.3. The number of hydroxylamine groups is 2. The molecule has 1 saturated heterocycles. The van der Waals surface area contributed by atoms with E-state index in [1.54, 1.807) is 18.2 Å². The zero-order valence-corrected chi connectivity index (χ0v) is 12.2. The van der Waals surface area contributed by atoms with Crippen molar-refractivity contribution in [3.8, 4) is 0 Å². The Morgan fingerprint density at radius 2 is 1.50 bits per heavy atom. The molecule has 1 fully saturated rings. The molecule has 2 rings (SSSR count). The number of alkyl halides is 6. The van der Waals surface area contributed by atoms with Crippen molar-refractivity contribution in [2.24, 2.45) is 5.92 Å². The van der Waals surface area contributed by atoms with Gasteiger partial charge < -0.3 is 10.2 Å². The summed E-state index contributed by atoms with van der Waals surface area (Å²) < 4.78 is 79.8. The second kappa shape index (κ2) is 6.51. The molecular weight excluding hydrogens is 344 g/mol. The molecule has 0 radical (unpaired) electrons. The molecule has 4 nitrogen and oxygen atoms in total. The summed E-state index contributed by atoms with van der Waals surface area (Å²) in [6, 6.07) is 6.07. The van der Waals surface area contributed by atoms with Crippen molar-refractivity contribution in [2.45, 2.75) is 30.5 Å². The topological polar surface area (TPSA) is 52.9 Å². The highest BCUT2D eigenvalue weighted by Crippen LogP contribution is 2.55. The molecule has 1 aromatic carbocycles. The molecule has 2 N–H and O–H groups in total. The molecule has 1 heterocycles. The third-order valence-electron chi connectivity index (χ3n) is 4.03. The first-order chi connectivity index (χ1) is 11.1. The monoisotopic (exact) mass is 359 g/mol. The Hall–Kier alpha value is -1.36. The van der Waals surface area contributed by atoms with Crippen LogP contribution in [0.3, 0.4) is 0 Å². The smallest absolute Gasteiger partial charge is 0.396 e. The van der Waals surface area contributed by atoms with Crippen molar-refractivity contribution in [1.82, 2.24) is 5.06 Å². The number of hydrogen-bond acceptors (Lipinski definition) is 4. The largest absolute Gasteiger partial charge is 0.428 e. The number of aliphatic hydroxyl groups is 2. The second-order valence-electron chi connectivity index (χ2n) is 5.42. The highest BCUT2D eigenvalue weighted by Gasteiger charge is 2.80. The van der Waals surface area contributed by atoms with Crippen LogP contribution in [-0.4, -0.2) is 52.5 Å². The average molecular weight is 359 g/mol. The summed E-state index contributed by atoms with van der Waals surface area (Å²) in [5.41, 5.74) is -4.18. The minimum atomic E-state index is -5.82. The molecule has 1 aliphatic heterocycles. The standard InChI is InChI=1S/C14H15F6NO3/c15-13(16,17)12(14(18,19)20)10(7-22)11(8-23)21(24-12)6-9-4-2-1-3-5-9/h1-5,10-11,22-23H,6-8H2/t10-,11-/m1/s1. The predicted molar refractivity (Wildman–Crippen MR) is 69.4 cm³/mol. The number of nitrogens with zero attached hydrogens (tertiary/aromatic N) is 1. The van der Waals surface area contributed by atoms with E-state index in [-0.39, 0.29) is 0 Å². The third kappa shape index (κ3) is 2.99. The fourth-order valence-corrected chi connectivity index (χ4v) is 2.86. The van der Waals surface area contributed by atoms with E-state index >= 15 is 0 Å². The van der Waals surface area contributed by atoms with Crippen LogP contribution < -0.4 is 0 Å². The minimum absolute atomic E-state index is 0.396. The molecule has 2 atom stereocenters. The van der Waals surface area contributed by atoms with Crippen molar-refractivity contribution in [3.63, 3.8) is 0 Å². The number of rotatable bonds is 4. The Balaban J connectivity index is 2.46. The quantitative estimate of drug-likeness (QED) is 0.810. The normalized spacial score (nSPS) is 25.2. The van der Waals surface area contributed by atoms with Crippen molar-refractivity contribution >= 4 is 0 Å². The van der Waals surface area contributed by atoms with Crippen LogP contribution in [0.2, 0.25) is 0 Å². The summed E-state index contributed by atoms with van der Waals surface area (Å²) in [6.45, 7) is -2.89. The highest BCUT2D eigenvalue weighted by atomic mass is 19.4.